The van der Waals surface area contributed by atoms with E-state index in [2.05, 4.69) is 13.8 Å². The molecule has 16 heavy (non-hydrogen) atoms. The number of rotatable bonds is 1. The summed E-state index contributed by atoms with van der Waals surface area (Å²) in [6, 6.07) is 0.108. The van der Waals surface area contributed by atoms with E-state index in [4.69, 9.17) is 10.5 Å². The van der Waals surface area contributed by atoms with Crippen LogP contribution in [-0.2, 0) is 9.53 Å². The largest absolute Gasteiger partial charge is 0.381 e. The topological polar surface area (TPSA) is 55.6 Å². The van der Waals surface area contributed by atoms with E-state index in [0.717, 1.165) is 39.0 Å². The van der Waals surface area contributed by atoms with Crippen LogP contribution in [0, 0.1) is 5.92 Å². The molecule has 0 aliphatic carbocycles. The van der Waals surface area contributed by atoms with Crippen molar-refractivity contribution in [1.29, 1.82) is 0 Å². The third-order valence-corrected chi connectivity index (χ3v) is 4.10. The highest BCUT2D eigenvalue weighted by molar-refractivity contribution is 5.80. The van der Waals surface area contributed by atoms with Gasteiger partial charge in [-0.25, -0.2) is 0 Å². The van der Waals surface area contributed by atoms with Crippen LogP contribution in [0.15, 0.2) is 0 Å². The lowest BCUT2D eigenvalue weighted by Crippen LogP contribution is -2.53. The minimum Gasteiger partial charge on any atom is -0.381 e. The molecule has 2 aliphatic rings. The first-order chi connectivity index (χ1) is 7.53. The lowest BCUT2D eigenvalue weighted by atomic mass is 9.93. The third kappa shape index (κ3) is 1.96. The average Bonchev–Trinajstić information content (AvgIpc) is 2.54. The molecule has 0 spiro atoms. The molecule has 2 saturated heterocycles. The zero-order chi connectivity index (χ0) is 11.8. The molecule has 2 fully saturated rings. The molecule has 0 saturated carbocycles. The molecule has 1 atom stereocenters. The summed E-state index contributed by atoms with van der Waals surface area (Å²) in [5.41, 5.74) is 5.87. The van der Waals surface area contributed by atoms with Crippen LogP contribution in [-0.4, -0.2) is 42.1 Å². The molecule has 2 heterocycles. The summed E-state index contributed by atoms with van der Waals surface area (Å²) >= 11 is 0. The lowest BCUT2D eigenvalue weighted by Gasteiger charge is -2.37. The third-order valence-electron chi connectivity index (χ3n) is 4.10. The zero-order valence-corrected chi connectivity index (χ0v) is 10.2. The van der Waals surface area contributed by atoms with Gasteiger partial charge in [0.25, 0.3) is 0 Å². The summed E-state index contributed by atoms with van der Waals surface area (Å²) in [5, 5.41) is 0. The van der Waals surface area contributed by atoms with Gasteiger partial charge in [0.15, 0.2) is 0 Å². The van der Waals surface area contributed by atoms with Crippen molar-refractivity contribution in [1.82, 2.24) is 4.90 Å². The van der Waals surface area contributed by atoms with Crippen LogP contribution in [0.1, 0.15) is 33.1 Å². The molecule has 0 bridgehead atoms. The monoisotopic (exact) mass is 226 g/mol. The van der Waals surface area contributed by atoms with Gasteiger partial charge in [0, 0.05) is 31.7 Å². The van der Waals surface area contributed by atoms with E-state index in [0.29, 0.717) is 0 Å². The lowest BCUT2D eigenvalue weighted by molar-refractivity contribution is -0.142. The second kappa shape index (κ2) is 4.34. The number of ether oxygens (including phenoxy) is 1. The van der Waals surface area contributed by atoms with Gasteiger partial charge in [-0.3, -0.25) is 4.79 Å². The summed E-state index contributed by atoms with van der Waals surface area (Å²) in [6.07, 6.45) is 2.64. The van der Waals surface area contributed by atoms with Gasteiger partial charge in [-0.15, -0.1) is 0 Å². The SMILES string of the molecule is CC1(C)C(N)CCN1C(=O)C1CCOCC1. The molecular formula is C12H22N2O2. The molecule has 92 valence electrons. The average molecular weight is 226 g/mol. The summed E-state index contributed by atoms with van der Waals surface area (Å²) in [6.45, 7) is 6.39. The minimum absolute atomic E-state index is 0.108. The Kier molecular flexibility index (Phi) is 3.22. The van der Waals surface area contributed by atoms with Gasteiger partial charge in [-0.1, -0.05) is 0 Å². The van der Waals surface area contributed by atoms with Crippen LogP contribution in [0.25, 0.3) is 0 Å². The summed E-state index contributed by atoms with van der Waals surface area (Å²) in [7, 11) is 0. The Morgan fingerprint density at radius 2 is 1.94 bits per heavy atom. The van der Waals surface area contributed by atoms with Crippen molar-refractivity contribution < 1.29 is 9.53 Å². The predicted molar refractivity (Wildman–Crippen MR) is 61.9 cm³/mol. The van der Waals surface area contributed by atoms with Crippen LogP contribution in [0.2, 0.25) is 0 Å². The molecule has 4 nitrogen and oxygen atoms in total. The van der Waals surface area contributed by atoms with E-state index in [9.17, 15) is 4.79 Å². The van der Waals surface area contributed by atoms with Crippen molar-refractivity contribution in [3.63, 3.8) is 0 Å². The highest BCUT2D eigenvalue weighted by atomic mass is 16.5. The number of hydrogen-bond donors (Lipinski definition) is 1. The molecule has 2 rings (SSSR count). The first-order valence-electron chi connectivity index (χ1n) is 6.18. The Labute approximate surface area is 97.1 Å². The number of hydrogen-bond acceptors (Lipinski definition) is 3. The molecule has 2 aliphatic heterocycles. The van der Waals surface area contributed by atoms with E-state index in [1.807, 2.05) is 4.90 Å². The highest BCUT2D eigenvalue weighted by Gasteiger charge is 2.43. The molecule has 0 aromatic carbocycles. The van der Waals surface area contributed by atoms with Crippen molar-refractivity contribution in [2.75, 3.05) is 19.8 Å². The fourth-order valence-electron chi connectivity index (χ4n) is 2.67. The standard InChI is InChI=1S/C12H22N2O2/c1-12(2)10(13)3-6-14(12)11(15)9-4-7-16-8-5-9/h9-10H,3-8,13H2,1-2H3. The van der Waals surface area contributed by atoms with Gasteiger partial charge in [0.05, 0.1) is 5.54 Å². The molecule has 4 heteroatoms. The van der Waals surface area contributed by atoms with E-state index >= 15 is 0 Å². The Bertz CT molecular complexity index is 272. The maximum absolute atomic E-state index is 12.4. The quantitative estimate of drug-likeness (QED) is 0.718. The van der Waals surface area contributed by atoms with Gasteiger partial charge in [0.2, 0.25) is 5.91 Å². The van der Waals surface area contributed by atoms with E-state index in [1.165, 1.54) is 0 Å². The van der Waals surface area contributed by atoms with Crippen LogP contribution in [0.4, 0.5) is 0 Å². The first kappa shape index (κ1) is 11.9. The number of nitrogens with two attached hydrogens (primary N) is 1. The summed E-state index contributed by atoms with van der Waals surface area (Å²) in [5.74, 6) is 0.430. The van der Waals surface area contributed by atoms with Gasteiger partial charge in [-0.2, -0.15) is 0 Å². The number of nitrogens with zero attached hydrogens (tertiary/aromatic N) is 1. The van der Waals surface area contributed by atoms with Gasteiger partial charge in [-0.05, 0) is 33.1 Å². The maximum Gasteiger partial charge on any atom is 0.226 e. The van der Waals surface area contributed by atoms with Crippen molar-refractivity contribution >= 4 is 5.91 Å². The molecule has 0 aromatic rings. The second-order valence-corrected chi connectivity index (χ2v) is 5.43. The molecule has 2 N–H and O–H groups in total. The Morgan fingerprint density at radius 3 is 2.44 bits per heavy atom. The van der Waals surface area contributed by atoms with Gasteiger partial charge >= 0.3 is 0 Å². The maximum atomic E-state index is 12.4. The van der Waals surface area contributed by atoms with Crippen LogP contribution in [0.5, 0.6) is 0 Å². The number of likely N-dealkylation sites (tertiary alicyclic amines) is 1. The number of carbonyl (C=O) groups is 1. The van der Waals surface area contributed by atoms with Crippen molar-refractivity contribution in [2.24, 2.45) is 11.7 Å². The Morgan fingerprint density at radius 1 is 1.31 bits per heavy atom. The number of carbonyl (C=O) groups excluding carboxylic acids is 1. The first-order valence-corrected chi connectivity index (χ1v) is 6.18. The van der Waals surface area contributed by atoms with Crippen molar-refractivity contribution in [2.45, 2.75) is 44.7 Å². The number of amides is 1. The van der Waals surface area contributed by atoms with Gasteiger partial charge < -0.3 is 15.4 Å². The zero-order valence-electron chi connectivity index (χ0n) is 10.2. The van der Waals surface area contributed by atoms with E-state index in [-0.39, 0.29) is 23.4 Å². The fourth-order valence-corrected chi connectivity index (χ4v) is 2.67. The predicted octanol–water partition coefficient (Wildman–Crippen LogP) is 0.751. The molecular weight excluding hydrogens is 204 g/mol. The van der Waals surface area contributed by atoms with Crippen LogP contribution < -0.4 is 5.73 Å². The van der Waals surface area contributed by atoms with Crippen LogP contribution >= 0.6 is 0 Å². The summed E-state index contributed by atoms with van der Waals surface area (Å²) < 4.78 is 5.29. The highest BCUT2D eigenvalue weighted by Crippen LogP contribution is 2.30. The van der Waals surface area contributed by atoms with E-state index < -0.39 is 0 Å². The van der Waals surface area contributed by atoms with E-state index in [1.54, 1.807) is 0 Å². The van der Waals surface area contributed by atoms with Gasteiger partial charge in [0.1, 0.15) is 0 Å². The Balaban J connectivity index is 2.04. The molecule has 0 aromatic heterocycles. The second-order valence-electron chi connectivity index (χ2n) is 5.43. The minimum atomic E-state index is -0.185. The molecule has 1 amide bonds. The normalized spacial score (nSPS) is 30.7. The smallest absolute Gasteiger partial charge is 0.226 e. The molecule has 0 radical (unpaired) electrons. The van der Waals surface area contributed by atoms with Crippen molar-refractivity contribution in [3.8, 4) is 0 Å². The summed E-state index contributed by atoms with van der Waals surface area (Å²) in [4.78, 5) is 14.4. The Hall–Kier alpha value is -0.610. The van der Waals surface area contributed by atoms with Crippen LogP contribution in [0.3, 0.4) is 0 Å². The van der Waals surface area contributed by atoms with Crippen molar-refractivity contribution in [3.05, 3.63) is 0 Å². The molecule has 1 unspecified atom stereocenters. The fraction of sp³-hybridized carbons (Fsp3) is 0.917.